The van der Waals surface area contributed by atoms with Crippen molar-refractivity contribution in [2.24, 2.45) is 5.41 Å². The van der Waals surface area contributed by atoms with Crippen molar-refractivity contribution >= 4 is 8.32 Å². The molecule has 1 unspecified atom stereocenters. The molecule has 0 radical (unpaired) electrons. The molecule has 16 heavy (non-hydrogen) atoms. The quantitative estimate of drug-likeness (QED) is 0.490. The predicted octanol–water partition coefficient (Wildman–Crippen LogP) is 4.88. The summed E-state index contributed by atoms with van der Waals surface area (Å²) in [5.41, 5.74) is 0.335. The first-order chi connectivity index (χ1) is 7.35. The van der Waals surface area contributed by atoms with Gasteiger partial charge in [-0.2, -0.15) is 0 Å². The van der Waals surface area contributed by atoms with Crippen molar-refractivity contribution in [3.8, 4) is 0 Å². The molecule has 0 saturated heterocycles. The lowest BCUT2D eigenvalue weighted by Crippen LogP contribution is -2.27. The van der Waals surface area contributed by atoms with Crippen LogP contribution in [0.4, 0.5) is 0 Å². The van der Waals surface area contributed by atoms with E-state index in [1.165, 1.54) is 25.0 Å². The molecule has 0 aromatic carbocycles. The number of hydrogen-bond acceptors (Lipinski definition) is 1. The number of hydrogen-bond donors (Lipinski definition) is 0. The first-order valence-electron chi connectivity index (χ1n) is 6.36. The van der Waals surface area contributed by atoms with E-state index >= 15 is 0 Å². The van der Waals surface area contributed by atoms with E-state index in [1.54, 1.807) is 0 Å². The summed E-state index contributed by atoms with van der Waals surface area (Å²) in [7, 11) is -1.43. The van der Waals surface area contributed by atoms with Gasteiger partial charge in [-0.15, -0.1) is 6.58 Å². The zero-order valence-electron chi connectivity index (χ0n) is 11.3. The summed E-state index contributed by atoms with van der Waals surface area (Å²) in [6.07, 6.45) is 10.4. The second-order valence-electron chi connectivity index (χ2n) is 6.16. The van der Waals surface area contributed by atoms with Crippen LogP contribution in [0.15, 0.2) is 24.5 Å². The predicted molar refractivity (Wildman–Crippen MR) is 73.9 cm³/mol. The molecule has 0 aromatic heterocycles. The SMILES string of the molecule is C=CCCC1(C)C=C(O[Si](C)(C)C)CCC1. The standard InChI is InChI=1S/C14H26OSi/c1-6-7-10-14(2)11-8-9-13(12-14)15-16(3,4)5/h6,12H,1,7-11H2,2-5H3. The second kappa shape index (κ2) is 5.22. The third-order valence-corrected chi connectivity index (χ3v) is 3.91. The van der Waals surface area contributed by atoms with Gasteiger partial charge in [0.25, 0.3) is 0 Å². The number of rotatable bonds is 5. The summed E-state index contributed by atoms with van der Waals surface area (Å²) in [4.78, 5) is 0. The second-order valence-corrected chi connectivity index (χ2v) is 10.6. The summed E-state index contributed by atoms with van der Waals surface area (Å²) >= 11 is 0. The van der Waals surface area contributed by atoms with Gasteiger partial charge in [0.15, 0.2) is 0 Å². The molecular formula is C14H26OSi. The lowest BCUT2D eigenvalue weighted by Gasteiger charge is -2.33. The van der Waals surface area contributed by atoms with Crippen LogP contribution in [0.2, 0.25) is 19.6 Å². The highest BCUT2D eigenvalue weighted by Crippen LogP contribution is 2.38. The maximum absolute atomic E-state index is 6.13. The van der Waals surface area contributed by atoms with E-state index in [1.807, 2.05) is 6.08 Å². The fourth-order valence-electron chi connectivity index (χ4n) is 2.30. The molecule has 1 aliphatic carbocycles. The van der Waals surface area contributed by atoms with Gasteiger partial charge in [-0.1, -0.05) is 13.0 Å². The van der Waals surface area contributed by atoms with Crippen LogP contribution >= 0.6 is 0 Å². The Kier molecular flexibility index (Phi) is 4.42. The van der Waals surface area contributed by atoms with Gasteiger partial charge < -0.3 is 4.43 Å². The normalized spacial score (nSPS) is 26.1. The van der Waals surface area contributed by atoms with Crippen molar-refractivity contribution in [1.29, 1.82) is 0 Å². The lowest BCUT2D eigenvalue weighted by molar-refractivity contribution is 0.284. The highest BCUT2D eigenvalue weighted by atomic mass is 28.4. The summed E-state index contributed by atoms with van der Waals surface area (Å²) in [5, 5.41) is 0. The van der Waals surface area contributed by atoms with E-state index < -0.39 is 8.32 Å². The first kappa shape index (κ1) is 13.6. The highest BCUT2D eigenvalue weighted by molar-refractivity contribution is 6.70. The fraction of sp³-hybridized carbons (Fsp3) is 0.714. The minimum atomic E-state index is -1.43. The Labute approximate surface area is 102 Å². The van der Waals surface area contributed by atoms with Gasteiger partial charge >= 0.3 is 0 Å². The van der Waals surface area contributed by atoms with Gasteiger partial charge in [0, 0.05) is 6.42 Å². The Balaban J connectivity index is 2.67. The van der Waals surface area contributed by atoms with E-state index in [2.05, 4.69) is 39.2 Å². The molecular weight excluding hydrogens is 212 g/mol. The van der Waals surface area contributed by atoms with E-state index in [9.17, 15) is 0 Å². The molecule has 0 aliphatic heterocycles. The van der Waals surface area contributed by atoms with E-state index in [0.29, 0.717) is 5.41 Å². The van der Waals surface area contributed by atoms with Gasteiger partial charge in [-0.3, -0.25) is 0 Å². The summed E-state index contributed by atoms with van der Waals surface area (Å²) < 4.78 is 6.13. The van der Waals surface area contributed by atoms with Gasteiger partial charge in [0.05, 0.1) is 5.76 Å². The molecule has 0 bridgehead atoms. The highest BCUT2D eigenvalue weighted by Gasteiger charge is 2.27. The first-order valence-corrected chi connectivity index (χ1v) is 9.77. The molecule has 0 N–H and O–H groups in total. The van der Waals surface area contributed by atoms with Gasteiger partial charge in [-0.25, -0.2) is 0 Å². The van der Waals surface area contributed by atoms with Gasteiger partial charge in [0.2, 0.25) is 8.32 Å². The van der Waals surface area contributed by atoms with E-state index in [-0.39, 0.29) is 0 Å². The van der Waals surface area contributed by atoms with E-state index in [0.717, 1.165) is 12.8 Å². The monoisotopic (exact) mass is 238 g/mol. The molecule has 0 spiro atoms. The molecule has 1 rings (SSSR count). The minimum absolute atomic E-state index is 0.335. The summed E-state index contributed by atoms with van der Waals surface area (Å²) in [6, 6.07) is 0. The molecule has 1 atom stereocenters. The van der Waals surface area contributed by atoms with Crippen molar-refractivity contribution in [3.05, 3.63) is 24.5 Å². The van der Waals surface area contributed by atoms with Crippen LogP contribution in [0.25, 0.3) is 0 Å². The third-order valence-electron chi connectivity index (χ3n) is 3.04. The zero-order valence-corrected chi connectivity index (χ0v) is 12.3. The molecule has 0 amide bonds. The van der Waals surface area contributed by atoms with Crippen LogP contribution in [0.3, 0.4) is 0 Å². The van der Waals surface area contributed by atoms with Crippen molar-refractivity contribution in [2.45, 2.75) is 58.7 Å². The van der Waals surface area contributed by atoms with Crippen molar-refractivity contribution in [3.63, 3.8) is 0 Å². The molecule has 2 heteroatoms. The van der Waals surface area contributed by atoms with Crippen LogP contribution < -0.4 is 0 Å². The lowest BCUT2D eigenvalue weighted by atomic mass is 9.77. The Hall–Kier alpha value is -0.503. The van der Waals surface area contributed by atoms with Gasteiger partial charge in [0.1, 0.15) is 0 Å². The maximum Gasteiger partial charge on any atom is 0.241 e. The zero-order chi connectivity index (χ0) is 12.2. The topological polar surface area (TPSA) is 9.23 Å². The molecule has 0 heterocycles. The van der Waals surface area contributed by atoms with Crippen LogP contribution in [0, 0.1) is 5.41 Å². The van der Waals surface area contributed by atoms with Crippen molar-refractivity contribution < 1.29 is 4.43 Å². The van der Waals surface area contributed by atoms with Crippen LogP contribution in [-0.4, -0.2) is 8.32 Å². The fourth-order valence-corrected chi connectivity index (χ4v) is 3.25. The molecule has 0 aromatic rings. The molecule has 92 valence electrons. The largest absolute Gasteiger partial charge is 0.548 e. The van der Waals surface area contributed by atoms with Crippen LogP contribution in [0.1, 0.15) is 39.0 Å². The smallest absolute Gasteiger partial charge is 0.241 e. The number of allylic oxidation sites excluding steroid dienone is 3. The molecule has 1 nitrogen and oxygen atoms in total. The Morgan fingerprint density at radius 1 is 1.50 bits per heavy atom. The van der Waals surface area contributed by atoms with Crippen molar-refractivity contribution in [1.82, 2.24) is 0 Å². The Morgan fingerprint density at radius 2 is 2.19 bits per heavy atom. The third kappa shape index (κ3) is 4.56. The van der Waals surface area contributed by atoms with Gasteiger partial charge in [-0.05, 0) is 56.8 Å². The maximum atomic E-state index is 6.13. The summed E-state index contributed by atoms with van der Waals surface area (Å²) in [6.45, 7) is 12.9. The summed E-state index contributed by atoms with van der Waals surface area (Å²) in [5.74, 6) is 1.25. The van der Waals surface area contributed by atoms with Crippen LogP contribution in [0.5, 0.6) is 0 Å². The average molecular weight is 238 g/mol. The molecule has 0 fully saturated rings. The van der Waals surface area contributed by atoms with E-state index in [4.69, 9.17) is 4.43 Å². The van der Waals surface area contributed by atoms with Crippen molar-refractivity contribution in [2.75, 3.05) is 0 Å². The Morgan fingerprint density at radius 3 is 2.75 bits per heavy atom. The molecule has 0 saturated carbocycles. The average Bonchev–Trinajstić information content (AvgIpc) is 2.12. The Bertz CT molecular complexity index is 275. The minimum Gasteiger partial charge on any atom is -0.548 e. The van der Waals surface area contributed by atoms with Crippen LogP contribution in [-0.2, 0) is 4.43 Å². The molecule has 1 aliphatic rings.